The van der Waals surface area contributed by atoms with E-state index in [-0.39, 0.29) is 0 Å². The lowest BCUT2D eigenvalue weighted by Crippen LogP contribution is -2.38. The number of benzene rings is 2. The molecule has 4 rings (SSSR count). The number of aromatic nitrogens is 2. The van der Waals surface area contributed by atoms with Gasteiger partial charge in [-0.25, -0.2) is 4.79 Å². The Morgan fingerprint density at radius 3 is 2.63 bits per heavy atom. The van der Waals surface area contributed by atoms with Crippen molar-refractivity contribution < 1.29 is 19.1 Å². The molecule has 0 saturated carbocycles. The van der Waals surface area contributed by atoms with Crippen molar-refractivity contribution in [3.05, 3.63) is 60.3 Å². The normalized spacial score (nSPS) is 19.1. The first-order valence-corrected chi connectivity index (χ1v) is 8.70. The van der Waals surface area contributed by atoms with Crippen LogP contribution >= 0.6 is 0 Å². The average Bonchev–Trinajstić information content (AvgIpc) is 3.16. The highest BCUT2D eigenvalue weighted by atomic mass is 16.6. The van der Waals surface area contributed by atoms with Gasteiger partial charge in [-0.1, -0.05) is 30.3 Å². The van der Waals surface area contributed by atoms with Crippen molar-refractivity contribution in [3.63, 3.8) is 0 Å². The molecule has 1 aromatic heterocycles. The Labute approximate surface area is 155 Å². The standard InChI is InChI=1S/C20H19N3O4/c1-20(18(24)21-19(25)27-20)12-14-6-8-16(9-7-14)26-11-10-23-13-15-4-2-3-5-17(15)22-23/h2-9,13H,10-12H2,1H3,(H,21,24,25). The number of carbonyl (C=O) groups is 2. The number of rotatable bonds is 6. The molecule has 0 radical (unpaired) electrons. The lowest BCUT2D eigenvalue weighted by Gasteiger charge is -2.19. The SMILES string of the molecule is CC1(Cc2ccc(OCCn3cc4ccccc4n3)cc2)OC(=O)NC1=O. The Morgan fingerprint density at radius 2 is 1.93 bits per heavy atom. The van der Waals surface area contributed by atoms with Crippen molar-refractivity contribution in [3.8, 4) is 5.75 Å². The first-order valence-electron chi connectivity index (χ1n) is 8.70. The Bertz CT molecular complexity index is 963. The number of imide groups is 1. The van der Waals surface area contributed by atoms with E-state index in [0.717, 1.165) is 22.2 Å². The minimum Gasteiger partial charge on any atom is -0.492 e. The molecule has 138 valence electrons. The smallest absolute Gasteiger partial charge is 0.415 e. The maximum absolute atomic E-state index is 11.8. The van der Waals surface area contributed by atoms with Gasteiger partial charge in [-0.2, -0.15) is 5.10 Å². The highest BCUT2D eigenvalue weighted by molar-refractivity contribution is 6.02. The molecule has 1 atom stereocenters. The second-order valence-electron chi connectivity index (χ2n) is 6.69. The highest BCUT2D eigenvalue weighted by Gasteiger charge is 2.44. The molecule has 7 nitrogen and oxygen atoms in total. The van der Waals surface area contributed by atoms with Crippen LogP contribution in [0, 0.1) is 0 Å². The third kappa shape index (κ3) is 3.62. The molecule has 7 heteroatoms. The molecule has 0 bridgehead atoms. The number of amides is 2. The predicted molar refractivity (Wildman–Crippen MR) is 98.4 cm³/mol. The number of ether oxygens (including phenoxy) is 2. The predicted octanol–water partition coefficient (Wildman–Crippen LogP) is 2.68. The summed E-state index contributed by atoms with van der Waals surface area (Å²) in [5, 5.41) is 7.76. The molecule has 1 N–H and O–H groups in total. The van der Waals surface area contributed by atoms with Crippen LogP contribution in [0.2, 0.25) is 0 Å². The van der Waals surface area contributed by atoms with Gasteiger partial charge in [-0.3, -0.25) is 14.8 Å². The van der Waals surface area contributed by atoms with E-state index in [4.69, 9.17) is 9.47 Å². The molecule has 2 aromatic carbocycles. The van der Waals surface area contributed by atoms with E-state index >= 15 is 0 Å². The number of carbonyl (C=O) groups excluding carboxylic acids is 2. The van der Waals surface area contributed by atoms with Gasteiger partial charge in [0.25, 0.3) is 5.91 Å². The van der Waals surface area contributed by atoms with E-state index in [1.807, 2.05) is 59.4 Å². The zero-order chi connectivity index (χ0) is 18.9. The Kier molecular flexibility index (Phi) is 4.27. The van der Waals surface area contributed by atoms with Crippen molar-refractivity contribution in [2.24, 2.45) is 0 Å². The Balaban J connectivity index is 1.32. The molecule has 1 fully saturated rings. The van der Waals surface area contributed by atoms with Crippen molar-refractivity contribution in [2.75, 3.05) is 6.61 Å². The fraction of sp³-hybridized carbons (Fsp3) is 0.250. The molecular formula is C20H19N3O4. The molecule has 3 aromatic rings. The van der Waals surface area contributed by atoms with Crippen LogP contribution in [0.15, 0.2) is 54.7 Å². The number of hydrogen-bond acceptors (Lipinski definition) is 5. The van der Waals surface area contributed by atoms with Crippen LogP contribution in [-0.4, -0.2) is 34.0 Å². The molecule has 2 amide bonds. The number of nitrogens with one attached hydrogen (secondary N) is 1. The molecular weight excluding hydrogens is 346 g/mol. The Hall–Kier alpha value is -3.35. The second-order valence-corrected chi connectivity index (χ2v) is 6.69. The van der Waals surface area contributed by atoms with Gasteiger partial charge >= 0.3 is 6.09 Å². The van der Waals surface area contributed by atoms with Gasteiger partial charge in [0.1, 0.15) is 12.4 Å². The number of fused-ring (bicyclic) bond motifs is 1. The van der Waals surface area contributed by atoms with E-state index in [1.54, 1.807) is 6.92 Å². The van der Waals surface area contributed by atoms with Crippen molar-refractivity contribution in [1.29, 1.82) is 0 Å². The van der Waals surface area contributed by atoms with Crippen LogP contribution in [0.1, 0.15) is 12.5 Å². The summed E-state index contributed by atoms with van der Waals surface area (Å²) in [6, 6.07) is 15.4. The third-order valence-corrected chi connectivity index (χ3v) is 4.53. The van der Waals surface area contributed by atoms with E-state index < -0.39 is 17.6 Å². The largest absolute Gasteiger partial charge is 0.492 e. The summed E-state index contributed by atoms with van der Waals surface area (Å²) in [6.45, 7) is 2.74. The van der Waals surface area contributed by atoms with Gasteiger partial charge in [0.05, 0.1) is 12.1 Å². The number of hydrogen-bond donors (Lipinski definition) is 1. The van der Waals surface area contributed by atoms with Gasteiger partial charge in [-0.05, 0) is 30.7 Å². The molecule has 1 saturated heterocycles. The fourth-order valence-corrected chi connectivity index (χ4v) is 3.10. The van der Waals surface area contributed by atoms with Gasteiger partial charge < -0.3 is 9.47 Å². The summed E-state index contributed by atoms with van der Waals surface area (Å²) in [5.74, 6) is 0.313. The monoisotopic (exact) mass is 365 g/mol. The van der Waals surface area contributed by atoms with E-state index in [9.17, 15) is 9.59 Å². The van der Waals surface area contributed by atoms with Crippen LogP contribution in [0.3, 0.4) is 0 Å². The summed E-state index contributed by atoms with van der Waals surface area (Å²) < 4.78 is 12.7. The summed E-state index contributed by atoms with van der Waals surface area (Å²) in [7, 11) is 0. The highest BCUT2D eigenvalue weighted by Crippen LogP contribution is 2.24. The molecule has 27 heavy (non-hydrogen) atoms. The van der Waals surface area contributed by atoms with E-state index in [2.05, 4.69) is 10.4 Å². The number of alkyl carbamates (subject to hydrolysis) is 1. The maximum Gasteiger partial charge on any atom is 0.415 e. The maximum atomic E-state index is 11.8. The number of nitrogens with zero attached hydrogens (tertiary/aromatic N) is 2. The Morgan fingerprint density at radius 1 is 1.15 bits per heavy atom. The van der Waals surface area contributed by atoms with Crippen LogP contribution in [0.5, 0.6) is 5.75 Å². The lowest BCUT2D eigenvalue weighted by atomic mass is 9.96. The van der Waals surface area contributed by atoms with Gasteiger partial charge in [0.15, 0.2) is 5.60 Å². The van der Waals surface area contributed by atoms with Crippen LogP contribution < -0.4 is 10.1 Å². The minimum atomic E-state index is -1.17. The summed E-state index contributed by atoms with van der Waals surface area (Å²) in [6.07, 6.45) is 1.61. The van der Waals surface area contributed by atoms with Crippen molar-refractivity contribution in [2.45, 2.75) is 25.5 Å². The molecule has 2 heterocycles. The van der Waals surface area contributed by atoms with Crippen molar-refractivity contribution in [1.82, 2.24) is 15.1 Å². The fourth-order valence-electron chi connectivity index (χ4n) is 3.10. The zero-order valence-electron chi connectivity index (χ0n) is 14.8. The van der Waals surface area contributed by atoms with E-state index in [1.165, 1.54) is 0 Å². The summed E-state index contributed by atoms with van der Waals surface area (Å²) >= 11 is 0. The molecule has 1 unspecified atom stereocenters. The quantitative estimate of drug-likeness (QED) is 0.726. The second kappa shape index (κ2) is 6.75. The summed E-state index contributed by atoms with van der Waals surface area (Å²) in [4.78, 5) is 23.1. The molecule has 1 aliphatic rings. The average molecular weight is 365 g/mol. The van der Waals surface area contributed by atoms with Crippen LogP contribution in [0.4, 0.5) is 4.79 Å². The first kappa shape index (κ1) is 17.1. The lowest BCUT2D eigenvalue weighted by molar-refractivity contribution is -0.129. The third-order valence-electron chi connectivity index (χ3n) is 4.53. The van der Waals surface area contributed by atoms with Gasteiger partial charge in [-0.15, -0.1) is 0 Å². The van der Waals surface area contributed by atoms with Crippen LogP contribution in [0.25, 0.3) is 10.9 Å². The van der Waals surface area contributed by atoms with E-state index in [0.29, 0.717) is 19.6 Å². The topological polar surface area (TPSA) is 82.4 Å². The zero-order valence-corrected chi connectivity index (χ0v) is 14.8. The first-order chi connectivity index (χ1) is 13.0. The van der Waals surface area contributed by atoms with Gasteiger partial charge in [0, 0.05) is 18.0 Å². The molecule has 0 aliphatic carbocycles. The summed E-state index contributed by atoms with van der Waals surface area (Å²) in [5.41, 5.74) is 0.682. The van der Waals surface area contributed by atoms with Crippen LogP contribution in [-0.2, 0) is 22.5 Å². The molecule has 1 aliphatic heterocycles. The van der Waals surface area contributed by atoms with Crippen molar-refractivity contribution >= 4 is 22.9 Å². The van der Waals surface area contributed by atoms with Gasteiger partial charge in [0.2, 0.25) is 0 Å². The molecule has 0 spiro atoms. The number of cyclic esters (lactones) is 1. The minimum absolute atomic E-state index is 0.310.